The van der Waals surface area contributed by atoms with Crippen molar-refractivity contribution in [2.45, 2.75) is 134 Å². The van der Waals surface area contributed by atoms with Gasteiger partial charge in [-0.1, -0.05) is 67.5 Å². The first kappa shape index (κ1) is 53.4. The van der Waals surface area contributed by atoms with Crippen LogP contribution in [0.15, 0.2) is 59.3 Å². The summed E-state index contributed by atoms with van der Waals surface area (Å²) in [5.41, 5.74) is 12.4. The van der Waals surface area contributed by atoms with Gasteiger partial charge in [0.1, 0.15) is 4.88 Å². The molecule has 12 nitrogen and oxygen atoms in total. The van der Waals surface area contributed by atoms with Crippen molar-refractivity contribution in [1.29, 1.82) is 0 Å². The number of aryl methyl sites for hydroxylation is 11. The molecule has 16 heteroatoms. The number of esters is 1. The number of carbonyl (C=O) groups excluding carboxylic acids is 1. The molecule has 0 bridgehead atoms. The molecule has 0 aliphatic carbocycles. The number of thiazole rings is 4. The summed E-state index contributed by atoms with van der Waals surface area (Å²) in [6.07, 6.45) is 7.34. The molecule has 0 spiro atoms. The average molecular weight is 989 g/mol. The van der Waals surface area contributed by atoms with Crippen molar-refractivity contribution in [3.8, 4) is 43.1 Å². The van der Waals surface area contributed by atoms with Crippen LogP contribution >= 0.6 is 45.3 Å². The fourth-order valence-electron chi connectivity index (χ4n) is 6.49. The lowest BCUT2D eigenvalue weighted by Crippen LogP contribution is -2.05. The predicted octanol–water partition coefficient (Wildman–Crippen LogP) is 13.2. The molecule has 0 aliphatic heterocycles. The lowest BCUT2D eigenvalue weighted by molar-refractivity contribution is 0.0530. The van der Waals surface area contributed by atoms with E-state index in [4.69, 9.17) is 4.74 Å². The van der Waals surface area contributed by atoms with Crippen LogP contribution in [0.1, 0.15) is 134 Å². The Kier molecular flexibility index (Phi) is 21.1. The van der Waals surface area contributed by atoms with E-state index in [1.54, 1.807) is 34.0 Å². The number of hydrogen-bond donors (Lipinski definition) is 0. The molecule has 8 heterocycles. The summed E-state index contributed by atoms with van der Waals surface area (Å²) in [7, 11) is 0. The fraction of sp³-hybridized carbons (Fsp3) is 0.404. The molecule has 0 saturated carbocycles. The van der Waals surface area contributed by atoms with Crippen LogP contribution in [0.3, 0.4) is 0 Å². The predicted molar refractivity (Wildman–Crippen MR) is 282 cm³/mol. The third kappa shape index (κ3) is 15.0. The number of hydrogen-bond acceptors (Lipinski definition) is 16. The molecule has 0 unspecified atom stereocenters. The Bertz CT molecular complexity index is 2710. The monoisotopic (exact) mass is 988 g/mol. The molecular formula is C52H64N10O2S4. The van der Waals surface area contributed by atoms with Crippen molar-refractivity contribution in [3.63, 3.8) is 0 Å². The second-order valence-electron chi connectivity index (χ2n) is 15.3. The third-order valence-corrected chi connectivity index (χ3v) is 14.4. The Balaban J connectivity index is 0.000000171. The topological polar surface area (TPSA) is 155 Å². The van der Waals surface area contributed by atoms with Gasteiger partial charge >= 0.3 is 5.97 Å². The SMILES string of the molecule is CCOC(=O)c1sc(-c2nc(CC)c(C)s2)nc1CC.CCc1cc(C)nc(-c2nc(C)cc(CC)n2)n1.CCc1cccc(-c2cccc(CC)n2)n1.CCc1csc(-c2nc(CC)cs2)n1. The minimum Gasteiger partial charge on any atom is -0.462 e. The van der Waals surface area contributed by atoms with Crippen molar-refractivity contribution in [2.75, 3.05) is 6.61 Å². The van der Waals surface area contributed by atoms with Gasteiger partial charge in [0, 0.05) is 49.8 Å². The van der Waals surface area contributed by atoms with E-state index in [1.807, 2.05) is 76.2 Å². The quantitative estimate of drug-likeness (QED) is 0.0952. The maximum absolute atomic E-state index is 11.9. The second kappa shape index (κ2) is 26.9. The summed E-state index contributed by atoms with van der Waals surface area (Å²) in [5.74, 6) is 0.979. The molecule has 68 heavy (non-hydrogen) atoms. The molecule has 0 saturated heterocycles. The van der Waals surface area contributed by atoms with Gasteiger partial charge in [0.25, 0.3) is 0 Å². The lowest BCUT2D eigenvalue weighted by Gasteiger charge is -2.06. The summed E-state index contributed by atoms with van der Waals surface area (Å²) in [6, 6.07) is 16.2. The fourth-order valence-corrected chi connectivity index (χ4v) is 10.4. The van der Waals surface area contributed by atoms with E-state index in [0.717, 1.165) is 128 Å². The van der Waals surface area contributed by atoms with E-state index in [0.29, 0.717) is 23.1 Å². The highest BCUT2D eigenvalue weighted by molar-refractivity contribution is 7.22. The molecule has 0 amide bonds. The smallest absolute Gasteiger partial charge is 0.350 e. The van der Waals surface area contributed by atoms with Crippen molar-refractivity contribution in [1.82, 2.24) is 49.8 Å². The Labute approximate surface area is 418 Å². The first-order valence-corrected chi connectivity index (χ1v) is 26.9. The molecular weight excluding hydrogens is 925 g/mol. The number of ether oxygens (including phenoxy) is 1. The molecule has 0 aromatic carbocycles. The lowest BCUT2D eigenvalue weighted by atomic mass is 10.2. The molecule has 0 radical (unpaired) electrons. The molecule has 8 aromatic rings. The molecule has 0 fully saturated rings. The van der Waals surface area contributed by atoms with E-state index in [1.165, 1.54) is 27.6 Å². The van der Waals surface area contributed by atoms with Crippen molar-refractivity contribution in [3.05, 3.63) is 126 Å². The Morgan fingerprint density at radius 3 is 1.29 bits per heavy atom. The zero-order valence-electron chi connectivity index (χ0n) is 41.6. The van der Waals surface area contributed by atoms with Crippen LogP contribution < -0.4 is 0 Å². The first-order valence-electron chi connectivity index (χ1n) is 23.5. The van der Waals surface area contributed by atoms with Gasteiger partial charge in [-0.3, -0.25) is 9.97 Å². The summed E-state index contributed by atoms with van der Waals surface area (Å²) in [4.78, 5) is 59.0. The Morgan fingerprint density at radius 2 is 0.897 bits per heavy atom. The van der Waals surface area contributed by atoms with Crippen molar-refractivity contribution in [2.24, 2.45) is 0 Å². The van der Waals surface area contributed by atoms with E-state index in [-0.39, 0.29) is 5.97 Å². The zero-order chi connectivity index (χ0) is 49.2. The van der Waals surface area contributed by atoms with E-state index >= 15 is 0 Å². The Morgan fingerprint density at radius 1 is 0.456 bits per heavy atom. The largest absolute Gasteiger partial charge is 0.462 e. The van der Waals surface area contributed by atoms with Gasteiger partial charge in [-0.25, -0.2) is 44.7 Å². The van der Waals surface area contributed by atoms with Gasteiger partial charge < -0.3 is 4.74 Å². The van der Waals surface area contributed by atoms with E-state index < -0.39 is 0 Å². The number of pyridine rings is 2. The standard InChI is InChI=1S/C14H18N4.C14H18N2O2S2.C14H16N2.C10H12N2S2/c1-5-11-7-9(3)15-13(17-11)14-16-10(4)8-12(6-2)18-14;1-5-9-8(4)19-12(15-9)13-16-10(6-2)11(20-13)14(17)18-7-3;1-3-11-7-5-9-13(15-11)14-10-6-8-12(4-2)16-14;1-3-7-5-13-9(11-7)10-12-8(4-2)6-14-10/h7-8H,5-6H2,1-4H3;5-7H2,1-4H3;5-10H,3-4H2,1-2H3;5-6H,3-4H2,1-2H3. The van der Waals surface area contributed by atoms with Crippen LogP contribution in [0.4, 0.5) is 0 Å². The minimum atomic E-state index is -0.280. The summed E-state index contributed by atoms with van der Waals surface area (Å²) < 4.78 is 5.08. The highest BCUT2D eigenvalue weighted by atomic mass is 32.1. The minimum absolute atomic E-state index is 0.280. The van der Waals surface area contributed by atoms with Gasteiger partial charge in [-0.05, 0) is 115 Å². The van der Waals surface area contributed by atoms with E-state index in [9.17, 15) is 4.79 Å². The molecule has 0 aliphatic rings. The van der Waals surface area contributed by atoms with Crippen LogP contribution in [-0.4, -0.2) is 62.4 Å². The third-order valence-electron chi connectivity index (χ3n) is 10.3. The maximum Gasteiger partial charge on any atom is 0.350 e. The van der Waals surface area contributed by atoms with Gasteiger partial charge in [0.15, 0.2) is 31.7 Å². The second-order valence-corrected chi connectivity index (χ2v) is 19.2. The number of carbonyl (C=O) groups is 1. The molecule has 8 aromatic heterocycles. The number of nitrogens with zero attached hydrogens (tertiary/aromatic N) is 10. The van der Waals surface area contributed by atoms with Crippen LogP contribution in [0.5, 0.6) is 0 Å². The zero-order valence-corrected chi connectivity index (χ0v) is 44.8. The number of rotatable bonds is 14. The van der Waals surface area contributed by atoms with Crippen LogP contribution in [0, 0.1) is 20.8 Å². The molecule has 8 rings (SSSR count). The first-order chi connectivity index (χ1) is 32.9. The Hall–Kier alpha value is -5.55. The highest BCUT2D eigenvalue weighted by Gasteiger charge is 2.21. The molecule has 0 atom stereocenters. The van der Waals surface area contributed by atoms with E-state index in [2.05, 4.69) is 116 Å². The average Bonchev–Trinajstić information content (AvgIpc) is 4.21. The van der Waals surface area contributed by atoms with Crippen LogP contribution in [-0.2, 0) is 56.1 Å². The normalized spacial score (nSPS) is 10.6. The summed E-state index contributed by atoms with van der Waals surface area (Å²) in [6.45, 7) is 24.9. The van der Waals surface area contributed by atoms with Crippen LogP contribution in [0.2, 0.25) is 0 Å². The van der Waals surface area contributed by atoms with Gasteiger partial charge in [-0.2, -0.15) is 0 Å². The van der Waals surface area contributed by atoms with Gasteiger partial charge in [0.2, 0.25) is 0 Å². The highest BCUT2D eigenvalue weighted by Crippen LogP contribution is 2.33. The summed E-state index contributed by atoms with van der Waals surface area (Å²) in [5, 5.41) is 8.07. The molecule has 358 valence electrons. The number of aromatic nitrogens is 10. The van der Waals surface area contributed by atoms with Gasteiger partial charge in [0.05, 0.1) is 40.8 Å². The van der Waals surface area contributed by atoms with Crippen molar-refractivity contribution >= 4 is 51.3 Å². The van der Waals surface area contributed by atoms with Crippen LogP contribution in [0.25, 0.3) is 43.1 Å². The molecule has 0 N–H and O–H groups in total. The maximum atomic E-state index is 11.9. The summed E-state index contributed by atoms with van der Waals surface area (Å²) >= 11 is 6.39. The van der Waals surface area contributed by atoms with Gasteiger partial charge in [-0.15, -0.1) is 45.3 Å². The van der Waals surface area contributed by atoms with Crippen molar-refractivity contribution < 1.29 is 9.53 Å².